The Kier molecular flexibility index (Phi) is 5.72. The number of nitrogens with one attached hydrogen (secondary N) is 1. The summed E-state index contributed by atoms with van der Waals surface area (Å²) in [5.41, 5.74) is -3.23. The zero-order valence-electron chi connectivity index (χ0n) is 15.6. The highest BCUT2D eigenvalue weighted by molar-refractivity contribution is 5.81. The molecule has 1 saturated carbocycles. The first-order chi connectivity index (χ1) is 13.2. The molecule has 0 spiro atoms. The van der Waals surface area contributed by atoms with Crippen molar-refractivity contribution in [2.24, 2.45) is 5.92 Å². The Bertz CT molecular complexity index is 707. The number of ether oxygens (including phenoxy) is 1. The Labute approximate surface area is 162 Å². The van der Waals surface area contributed by atoms with Gasteiger partial charge in [0.25, 0.3) is 0 Å². The van der Waals surface area contributed by atoms with Gasteiger partial charge in [0.1, 0.15) is 12.2 Å². The van der Waals surface area contributed by atoms with Crippen molar-refractivity contribution in [3.8, 4) is 0 Å². The Morgan fingerprint density at radius 3 is 2.46 bits per heavy atom. The topological polar surface area (TPSA) is 93.9 Å². The molecular formula is C20H26F2N2O4. The van der Waals surface area contributed by atoms with Crippen LogP contribution < -0.4 is 0 Å². The fourth-order valence-electron chi connectivity index (χ4n) is 4.04. The van der Waals surface area contributed by atoms with E-state index in [0.29, 0.717) is 25.9 Å². The largest absolute Gasteiger partial charge is 0.460 e. The molecule has 1 aliphatic carbocycles. The number of hydrogen-bond donors (Lipinski definition) is 3. The Balaban J connectivity index is 1.75. The minimum atomic E-state index is -2.93. The number of hydrogen-bond acceptors (Lipinski definition) is 5. The number of aliphatic hydroxyl groups is 2. The average Bonchev–Trinajstić information content (AvgIpc) is 3.07. The second kappa shape index (κ2) is 7.75. The van der Waals surface area contributed by atoms with Gasteiger partial charge >= 0.3 is 5.97 Å². The standard InChI is InChI=1S/C20H26F2N2O4/c21-19(22)7-6-16(12-19)20(27,15-4-2-1-3-5-15)17(25)28-13-18(26)8-10-24(14-23)11-9-18/h1-5,14,16,23,26-27H,6-13H2/t16-,20+/m1/s1. The number of halogens is 2. The summed E-state index contributed by atoms with van der Waals surface area (Å²) in [4.78, 5) is 14.6. The molecule has 1 aromatic carbocycles. The first-order valence-electron chi connectivity index (χ1n) is 9.49. The molecule has 0 radical (unpaired) electrons. The number of carbonyl (C=O) groups is 1. The van der Waals surface area contributed by atoms with Crippen molar-refractivity contribution in [2.75, 3.05) is 19.7 Å². The van der Waals surface area contributed by atoms with E-state index in [9.17, 15) is 23.8 Å². The maximum Gasteiger partial charge on any atom is 0.343 e. The first kappa shape index (κ1) is 20.7. The first-order valence-corrected chi connectivity index (χ1v) is 9.49. The monoisotopic (exact) mass is 396 g/mol. The zero-order chi connectivity index (χ0) is 20.4. The maximum absolute atomic E-state index is 13.8. The molecule has 1 aliphatic heterocycles. The van der Waals surface area contributed by atoms with Crippen LogP contribution in [0.3, 0.4) is 0 Å². The van der Waals surface area contributed by atoms with Crippen LogP contribution >= 0.6 is 0 Å². The fraction of sp³-hybridized carbons (Fsp3) is 0.600. The lowest BCUT2D eigenvalue weighted by molar-refractivity contribution is -0.183. The van der Waals surface area contributed by atoms with Gasteiger partial charge < -0.3 is 19.8 Å². The van der Waals surface area contributed by atoms with Crippen molar-refractivity contribution in [2.45, 2.75) is 49.2 Å². The molecule has 2 aliphatic rings. The van der Waals surface area contributed by atoms with Crippen LogP contribution in [0.5, 0.6) is 0 Å². The van der Waals surface area contributed by atoms with Gasteiger partial charge in [-0.3, -0.25) is 5.41 Å². The molecule has 1 heterocycles. The second-order valence-electron chi connectivity index (χ2n) is 7.89. The van der Waals surface area contributed by atoms with Crippen molar-refractivity contribution in [3.63, 3.8) is 0 Å². The van der Waals surface area contributed by atoms with Gasteiger partial charge in [-0.1, -0.05) is 30.3 Å². The molecular weight excluding hydrogens is 370 g/mol. The van der Waals surface area contributed by atoms with Crippen molar-refractivity contribution >= 4 is 12.3 Å². The van der Waals surface area contributed by atoms with Crippen LogP contribution in [-0.4, -0.2) is 58.6 Å². The van der Waals surface area contributed by atoms with E-state index >= 15 is 0 Å². The van der Waals surface area contributed by atoms with Crippen LogP contribution in [0.15, 0.2) is 30.3 Å². The molecule has 0 bridgehead atoms. The molecule has 28 heavy (non-hydrogen) atoms. The lowest BCUT2D eigenvalue weighted by Crippen LogP contribution is -2.49. The highest BCUT2D eigenvalue weighted by Gasteiger charge is 2.54. The van der Waals surface area contributed by atoms with Crippen LogP contribution in [0.4, 0.5) is 8.78 Å². The number of alkyl halides is 2. The molecule has 2 atom stereocenters. The summed E-state index contributed by atoms with van der Waals surface area (Å²) in [6.07, 6.45) is 0.837. The Morgan fingerprint density at radius 1 is 1.29 bits per heavy atom. The fourth-order valence-corrected chi connectivity index (χ4v) is 4.04. The van der Waals surface area contributed by atoms with E-state index in [4.69, 9.17) is 10.1 Å². The molecule has 3 N–H and O–H groups in total. The van der Waals surface area contributed by atoms with Gasteiger partial charge in [-0.25, -0.2) is 13.6 Å². The molecule has 154 valence electrons. The predicted molar refractivity (Wildman–Crippen MR) is 98.1 cm³/mol. The van der Waals surface area contributed by atoms with E-state index in [1.165, 1.54) is 18.5 Å². The number of esters is 1. The SMILES string of the molecule is N=CN1CCC(O)(COC(=O)[C@](O)(c2ccccc2)[C@@H]2CCC(F)(F)C2)CC1. The Hall–Kier alpha value is -2.06. The van der Waals surface area contributed by atoms with Crippen LogP contribution in [0.2, 0.25) is 0 Å². The van der Waals surface area contributed by atoms with Crippen LogP contribution in [0.1, 0.15) is 37.7 Å². The highest BCUT2D eigenvalue weighted by atomic mass is 19.3. The molecule has 1 saturated heterocycles. The van der Waals surface area contributed by atoms with E-state index in [2.05, 4.69) is 0 Å². The normalized spacial score (nSPS) is 25.7. The number of piperidine rings is 1. The zero-order valence-corrected chi connectivity index (χ0v) is 15.6. The number of carbonyl (C=O) groups excluding carboxylic acids is 1. The minimum absolute atomic E-state index is 0.00601. The van der Waals surface area contributed by atoms with Gasteiger partial charge in [-0.05, 0) is 24.8 Å². The Morgan fingerprint density at radius 2 is 1.93 bits per heavy atom. The van der Waals surface area contributed by atoms with Gasteiger partial charge in [0.15, 0.2) is 5.60 Å². The molecule has 1 aromatic rings. The van der Waals surface area contributed by atoms with Gasteiger partial charge in [-0.15, -0.1) is 0 Å². The lowest BCUT2D eigenvalue weighted by atomic mass is 9.80. The molecule has 3 rings (SSSR count). The van der Waals surface area contributed by atoms with Crippen molar-refractivity contribution in [3.05, 3.63) is 35.9 Å². The quantitative estimate of drug-likeness (QED) is 0.390. The van der Waals surface area contributed by atoms with Gasteiger partial charge in [-0.2, -0.15) is 0 Å². The number of nitrogens with zero attached hydrogens (tertiary/aromatic N) is 1. The summed E-state index contributed by atoms with van der Waals surface area (Å²) in [5.74, 6) is -4.90. The molecule has 2 fully saturated rings. The summed E-state index contributed by atoms with van der Waals surface area (Å²) >= 11 is 0. The minimum Gasteiger partial charge on any atom is -0.460 e. The van der Waals surface area contributed by atoms with Crippen molar-refractivity contribution in [1.82, 2.24) is 4.90 Å². The average molecular weight is 396 g/mol. The predicted octanol–water partition coefficient (Wildman–Crippen LogP) is 2.29. The molecule has 0 aromatic heterocycles. The maximum atomic E-state index is 13.8. The highest BCUT2D eigenvalue weighted by Crippen LogP contribution is 2.48. The number of likely N-dealkylation sites (tertiary alicyclic amines) is 1. The van der Waals surface area contributed by atoms with Gasteiger partial charge in [0.2, 0.25) is 5.92 Å². The van der Waals surface area contributed by atoms with Gasteiger partial charge in [0.05, 0.1) is 6.34 Å². The molecule has 0 amide bonds. The number of benzene rings is 1. The second-order valence-corrected chi connectivity index (χ2v) is 7.89. The van der Waals surface area contributed by atoms with E-state index in [1.54, 1.807) is 23.1 Å². The smallest absolute Gasteiger partial charge is 0.343 e. The van der Waals surface area contributed by atoms with Crippen molar-refractivity contribution < 1.29 is 28.5 Å². The third kappa shape index (κ3) is 4.17. The van der Waals surface area contributed by atoms with Crippen LogP contribution in [0.25, 0.3) is 0 Å². The summed E-state index contributed by atoms with van der Waals surface area (Å²) in [6, 6.07) is 8.00. The van der Waals surface area contributed by atoms with Crippen LogP contribution in [-0.2, 0) is 15.1 Å². The lowest BCUT2D eigenvalue weighted by Gasteiger charge is -2.38. The third-order valence-electron chi connectivity index (χ3n) is 5.90. The van der Waals surface area contributed by atoms with Crippen LogP contribution in [0, 0.1) is 11.3 Å². The number of rotatable bonds is 6. The van der Waals surface area contributed by atoms with Crippen molar-refractivity contribution in [1.29, 1.82) is 5.41 Å². The van der Waals surface area contributed by atoms with Gasteiger partial charge in [0, 0.05) is 31.8 Å². The summed E-state index contributed by atoms with van der Waals surface area (Å²) in [7, 11) is 0. The summed E-state index contributed by atoms with van der Waals surface area (Å²) < 4.78 is 32.9. The van der Waals surface area contributed by atoms with E-state index < -0.39 is 35.4 Å². The summed E-state index contributed by atoms with van der Waals surface area (Å²) in [5, 5.41) is 29.1. The van der Waals surface area contributed by atoms with E-state index in [1.807, 2.05) is 0 Å². The van der Waals surface area contributed by atoms with E-state index in [0.717, 1.165) is 0 Å². The molecule has 6 nitrogen and oxygen atoms in total. The molecule has 8 heteroatoms. The summed E-state index contributed by atoms with van der Waals surface area (Å²) in [6.45, 7) is 0.584. The van der Waals surface area contributed by atoms with E-state index in [-0.39, 0.29) is 25.0 Å². The molecule has 0 unspecified atom stereocenters. The third-order valence-corrected chi connectivity index (χ3v) is 5.90.